The van der Waals surface area contributed by atoms with Crippen molar-refractivity contribution in [2.24, 2.45) is 0 Å². The van der Waals surface area contributed by atoms with E-state index in [-0.39, 0.29) is 23.5 Å². The van der Waals surface area contributed by atoms with Crippen molar-refractivity contribution in [3.8, 4) is 0 Å². The average molecular weight is 422 g/mol. The highest BCUT2D eigenvalue weighted by Gasteiger charge is 2.22. The molecule has 0 aromatic heterocycles. The Bertz CT molecular complexity index is 620. The zero-order chi connectivity index (χ0) is 17.5. The SMILES string of the molecule is CCN(C(=O)CCSc1ccccc1Br)C(C)CS(=O)(=O)CC. The van der Waals surface area contributed by atoms with Gasteiger partial charge in [-0.1, -0.05) is 19.1 Å². The molecule has 130 valence electrons. The number of thioether (sulfide) groups is 1. The van der Waals surface area contributed by atoms with Crippen molar-refractivity contribution >= 4 is 43.4 Å². The normalized spacial score (nSPS) is 12.9. The third-order valence-electron chi connectivity index (χ3n) is 3.54. The Morgan fingerprint density at radius 1 is 1.30 bits per heavy atom. The molecule has 0 bridgehead atoms. The van der Waals surface area contributed by atoms with E-state index in [1.54, 1.807) is 30.5 Å². The van der Waals surface area contributed by atoms with E-state index in [1.807, 2.05) is 31.2 Å². The molecule has 0 heterocycles. The number of sulfone groups is 1. The van der Waals surface area contributed by atoms with Crippen molar-refractivity contribution in [1.29, 1.82) is 0 Å². The number of carbonyl (C=O) groups excluding carboxylic acids is 1. The third kappa shape index (κ3) is 6.85. The molecule has 1 rings (SSSR count). The fourth-order valence-electron chi connectivity index (χ4n) is 2.26. The van der Waals surface area contributed by atoms with E-state index in [2.05, 4.69) is 15.9 Å². The molecule has 1 atom stereocenters. The van der Waals surface area contributed by atoms with Crippen LogP contribution in [-0.2, 0) is 14.6 Å². The first kappa shape index (κ1) is 20.5. The predicted molar refractivity (Wildman–Crippen MR) is 101 cm³/mol. The largest absolute Gasteiger partial charge is 0.339 e. The molecule has 0 spiro atoms. The molecule has 7 heteroatoms. The number of rotatable bonds is 9. The van der Waals surface area contributed by atoms with E-state index >= 15 is 0 Å². The number of hydrogen-bond acceptors (Lipinski definition) is 4. The maximum absolute atomic E-state index is 12.4. The smallest absolute Gasteiger partial charge is 0.223 e. The van der Waals surface area contributed by atoms with E-state index in [0.29, 0.717) is 18.7 Å². The highest BCUT2D eigenvalue weighted by atomic mass is 79.9. The van der Waals surface area contributed by atoms with Crippen LogP contribution in [0.2, 0.25) is 0 Å². The summed E-state index contributed by atoms with van der Waals surface area (Å²) in [4.78, 5) is 15.1. The Morgan fingerprint density at radius 2 is 1.96 bits per heavy atom. The monoisotopic (exact) mass is 421 g/mol. The molecule has 4 nitrogen and oxygen atoms in total. The summed E-state index contributed by atoms with van der Waals surface area (Å²) >= 11 is 5.11. The summed E-state index contributed by atoms with van der Waals surface area (Å²) in [6.45, 7) is 5.84. The van der Waals surface area contributed by atoms with Crippen LogP contribution in [0.3, 0.4) is 0 Å². The van der Waals surface area contributed by atoms with Crippen molar-refractivity contribution in [1.82, 2.24) is 4.90 Å². The number of hydrogen-bond donors (Lipinski definition) is 0. The molecule has 23 heavy (non-hydrogen) atoms. The fourth-order valence-corrected chi connectivity index (χ4v) is 4.92. The molecular formula is C16H24BrNO3S2. The van der Waals surface area contributed by atoms with Crippen molar-refractivity contribution < 1.29 is 13.2 Å². The van der Waals surface area contributed by atoms with Gasteiger partial charge in [0.05, 0.1) is 5.75 Å². The van der Waals surface area contributed by atoms with Crippen molar-refractivity contribution in [2.75, 3.05) is 23.8 Å². The lowest BCUT2D eigenvalue weighted by molar-refractivity contribution is -0.132. The predicted octanol–water partition coefficient (Wildman–Crippen LogP) is 3.60. The van der Waals surface area contributed by atoms with Crippen LogP contribution >= 0.6 is 27.7 Å². The zero-order valence-corrected chi connectivity index (χ0v) is 17.0. The quantitative estimate of drug-likeness (QED) is 0.571. The average Bonchev–Trinajstić information content (AvgIpc) is 2.49. The third-order valence-corrected chi connectivity index (χ3v) is 7.44. The summed E-state index contributed by atoms with van der Waals surface area (Å²) in [7, 11) is -3.08. The van der Waals surface area contributed by atoms with E-state index in [4.69, 9.17) is 0 Å². The van der Waals surface area contributed by atoms with Gasteiger partial charge in [-0.15, -0.1) is 11.8 Å². The maximum Gasteiger partial charge on any atom is 0.223 e. The van der Waals surface area contributed by atoms with Gasteiger partial charge in [-0.25, -0.2) is 8.42 Å². The van der Waals surface area contributed by atoms with Crippen LogP contribution in [0.4, 0.5) is 0 Å². The molecular weight excluding hydrogens is 398 g/mol. The summed E-state index contributed by atoms with van der Waals surface area (Å²) in [6.07, 6.45) is 0.399. The second kappa shape index (κ2) is 9.69. The molecule has 0 radical (unpaired) electrons. The fraction of sp³-hybridized carbons (Fsp3) is 0.562. The van der Waals surface area contributed by atoms with Gasteiger partial charge >= 0.3 is 0 Å². The minimum Gasteiger partial charge on any atom is -0.339 e. The second-order valence-electron chi connectivity index (χ2n) is 5.26. The Hall–Kier alpha value is -0.530. The summed E-state index contributed by atoms with van der Waals surface area (Å²) in [5.74, 6) is 0.818. The standard InChI is InChI=1S/C16H24BrNO3S2/c1-4-18(13(3)12-23(20,21)5-2)16(19)10-11-22-15-9-7-6-8-14(15)17/h6-9,13H,4-5,10-12H2,1-3H3. The van der Waals surface area contributed by atoms with Gasteiger partial charge in [0.1, 0.15) is 0 Å². The van der Waals surface area contributed by atoms with Gasteiger partial charge in [0, 0.05) is 39.9 Å². The first-order valence-electron chi connectivity index (χ1n) is 7.68. The van der Waals surface area contributed by atoms with E-state index in [9.17, 15) is 13.2 Å². The van der Waals surface area contributed by atoms with Crippen molar-refractivity contribution in [3.63, 3.8) is 0 Å². The Labute approximate surface area is 152 Å². The van der Waals surface area contributed by atoms with E-state index in [0.717, 1.165) is 9.37 Å². The highest BCUT2D eigenvalue weighted by Crippen LogP contribution is 2.27. The zero-order valence-electron chi connectivity index (χ0n) is 13.8. The summed E-state index contributed by atoms with van der Waals surface area (Å²) in [5.41, 5.74) is 0. The molecule has 0 saturated heterocycles. The Kier molecular flexibility index (Phi) is 8.64. The Balaban J connectivity index is 2.55. The molecule has 1 aromatic rings. The molecule has 0 saturated carbocycles. The molecule has 0 fully saturated rings. The minimum atomic E-state index is -3.08. The maximum atomic E-state index is 12.4. The highest BCUT2D eigenvalue weighted by molar-refractivity contribution is 9.10. The molecule has 0 N–H and O–H groups in total. The lowest BCUT2D eigenvalue weighted by Crippen LogP contribution is -2.42. The number of carbonyl (C=O) groups is 1. The number of amides is 1. The van der Waals surface area contributed by atoms with Gasteiger partial charge in [-0.3, -0.25) is 4.79 Å². The van der Waals surface area contributed by atoms with Gasteiger partial charge in [0.2, 0.25) is 5.91 Å². The molecule has 1 amide bonds. The van der Waals surface area contributed by atoms with Crippen LogP contribution in [0.1, 0.15) is 27.2 Å². The van der Waals surface area contributed by atoms with E-state index < -0.39 is 9.84 Å². The van der Waals surface area contributed by atoms with Crippen LogP contribution < -0.4 is 0 Å². The molecule has 1 aromatic carbocycles. The van der Waals surface area contributed by atoms with Gasteiger partial charge < -0.3 is 4.90 Å². The Morgan fingerprint density at radius 3 is 2.52 bits per heavy atom. The van der Waals surface area contributed by atoms with Gasteiger partial charge in [0.15, 0.2) is 9.84 Å². The van der Waals surface area contributed by atoms with Crippen molar-refractivity contribution in [3.05, 3.63) is 28.7 Å². The topological polar surface area (TPSA) is 54.5 Å². The van der Waals surface area contributed by atoms with Crippen LogP contribution in [0.15, 0.2) is 33.6 Å². The van der Waals surface area contributed by atoms with Crippen LogP contribution in [0, 0.1) is 0 Å². The lowest BCUT2D eigenvalue weighted by atomic mass is 10.3. The lowest BCUT2D eigenvalue weighted by Gasteiger charge is -2.28. The number of benzene rings is 1. The van der Waals surface area contributed by atoms with Crippen molar-refractivity contribution in [2.45, 2.75) is 38.1 Å². The molecule has 0 aliphatic heterocycles. The van der Waals surface area contributed by atoms with Gasteiger partial charge in [-0.2, -0.15) is 0 Å². The number of nitrogens with zero attached hydrogens (tertiary/aromatic N) is 1. The van der Waals surface area contributed by atoms with Crippen LogP contribution in [-0.4, -0.2) is 49.1 Å². The van der Waals surface area contributed by atoms with Gasteiger partial charge in [0.25, 0.3) is 0 Å². The molecule has 1 unspecified atom stereocenters. The van der Waals surface area contributed by atoms with Crippen LogP contribution in [0.5, 0.6) is 0 Å². The summed E-state index contributed by atoms with van der Waals surface area (Å²) < 4.78 is 24.5. The molecule has 0 aliphatic carbocycles. The van der Waals surface area contributed by atoms with Crippen LogP contribution in [0.25, 0.3) is 0 Å². The van der Waals surface area contributed by atoms with E-state index in [1.165, 1.54) is 0 Å². The summed E-state index contributed by atoms with van der Waals surface area (Å²) in [6, 6.07) is 7.61. The second-order valence-corrected chi connectivity index (χ2v) is 9.65. The number of halogens is 1. The van der Waals surface area contributed by atoms with Gasteiger partial charge in [-0.05, 0) is 41.9 Å². The molecule has 0 aliphatic rings. The first-order valence-corrected chi connectivity index (χ1v) is 11.3. The summed E-state index contributed by atoms with van der Waals surface area (Å²) in [5, 5.41) is 0. The first-order chi connectivity index (χ1) is 10.8. The minimum absolute atomic E-state index is 0.00542.